The normalized spacial score (nSPS) is 23.6. The van der Waals surface area contributed by atoms with Crippen LogP contribution in [0.5, 0.6) is 5.75 Å². The van der Waals surface area contributed by atoms with Crippen LogP contribution in [-0.2, 0) is 6.42 Å². The molecule has 0 saturated heterocycles. The molecular formula is C13H19NO2. The molecule has 2 unspecified atom stereocenters. The van der Waals surface area contributed by atoms with E-state index < -0.39 is 6.10 Å². The average Bonchev–Trinajstić information content (AvgIpc) is 2.65. The first kappa shape index (κ1) is 11.4. The zero-order valence-corrected chi connectivity index (χ0v) is 10.1. The molecule has 1 aromatic rings. The van der Waals surface area contributed by atoms with Crippen LogP contribution < -0.4 is 4.74 Å². The minimum absolute atomic E-state index is 0.201. The van der Waals surface area contributed by atoms with Crippen molar-refractivity contribution in [1.82, 2.24) is 4.90 Å². The second-order valence-electron chi connectivity index (χ2n) is 4.35. The monoisotopic (exact) mass is 221 g/mol. The smallest absolute Gasteiger partial charge is 0.119 e. The number of rotatable bonds is 3. The fraction of sp³-hybridized carbons (Fsp3) is 0.538. The molecule has 2 atom stereocenters. The summed E-state index contributed by atoms with van der Waals surface area (Å²) in [5, 5.41) is 10.3. The molecule has 0 amide bonds. The molecule has 1 aliphatic carbocycles. The van der Waals surface area contributed by atoms with Crippen molar-refractivity contribution in [3.63, 3.8) is 0 Å². The van der Waals surface area contributed by atoms with Crippen LogP contribution >= 0.6 is 0 Å². The highest BCUT2D eigenvalue weighted by molar-refractivity contribution is 5.41. The molecule has 16 heavy (non-hydrogen) atoms. The molecule has 0 fully saturated rings. The van der Waals surface area contributed by atoms with Gasteiger partial charge in [-0.3, -0.25) is 0 Å². The summed E-state index contributed by atoms with van der Waals surface area (Å²) < 4.78 is 5.19. The Morgan fingerprint density at radius 1 is 1.50 bits per heavy atom. The molecule has 88 valence electrons. The molecule has 0 heterocycles. The van der Waals surface area contributed by atoms with Crippen molar-refractivity contribution in [2.45, 2.75) is 25.5 Å². The number of aliphatic hydroxyl groups excluding tert-OH is 1. The van der Waals surface area contributed by atoms with Gasteiger partial charge in [-0.25, -0.2) is 0 Å². The molecule has 2 rings (SSSR count). The maximum atomic E-state index is 10.3. The van der Waals surface area contributed by atoms with Crippen molar-refractivity contribution in [3.05, 3.63) is 29.3 Å². The zero-order valence-electron chi connectivity index (χ0n) is 10.1. The SMILES string of the molecule is CCN(C)C1Cc2ccc(OC)cc2C1O. The van der Waals surface area contributed by atoms with Gasteiger partial charge in [0.15, 0.2) is 0 Å². The molecule has 1 N–H and O–H groups in total. The van der Waals surface area contributed by atoms with E-state index in [1.165, 1.54) is 5.56 Å². The van der Waals surface area contributed by atoms with Gasteiger partial charge in [0.1, 0.15) is 5.75 Å². The van der Waals surface area contributed by atoms with Gasteiger partial charge in [0.05, 0.1) is 13.2 Å². The Balaban J connectivity index is 2.27. The standard InChI is InChI=1S/C13H19NO2/c1-4-14(2)12-7-9-5-6-10(16-3)8-11(9)13(12)15/h5-6,8,12-13,15H,4,7H2,1-3H3. The molecule has 0 aliphatic heterocycles. The second kappa shape index (κ2) is 4.44. The Morgan fingerprint density at radius 3 is 2.88 bits per heavy atom. The summed E-state index contributed by atoms with van der Waals surface area (Å²) in [6, 6.07) is 6.16. The van der Waals surface area contributed by atoms with Gasteiger partial charge in [-0.1, -0.05) is 13.0 Å². The Bertz CT molecular complexity index is 378. The van der Waals surface area contributed by atoms with Crippen LogP contribution in [0.2, 0.25) is 0 Å². The van der Waals surface area contributed by atoms with Crippen molar-refractivity contribution in [2.24, 2.45) is 0 Å². The summed E-state index contributed by atoms with van der Waals surface area (Å²) in [5.41, 5.74) is 2.25. The predicted octanol–water partition coefficient (Wildman–Crippen LogP) is 1.60. The zero-order chi connectivity index (χ0) is 11.7. The van der Waals surface area contributed by atoms with Crippen LogP contribution in [0, 0.1) is 0 Å². The van der Waals surface area contributed by atoms with Crippen LogP contribution in [-0.4, -0.2) is 36.8 Å². The third kappa shape index (κ3) is 1.81. The van der Waals surface area contributed by atoms with Crippen molar-refractivity contribution < 1.29 is 9.84 Å². The molecule has 3 nitrogen and oxygen atoms in total. The summed E-state index contributed by atoms with van der Waals surface area (Å²) in [7, 11) is 3.70. The van der Waals surface area contributed by atoms with E-state index in [1.54, 1.807) is 7.11 Å². The molecule has 0 saturated carbocycles. The van der Waals surface area contributed by atoms with Gasteiger partial charge in [-0.15, -0.1) is 0 Å². The van der Waals surface area contributed by atoms with Gasteiger partial charge in [-0.2, -0.15) is 0 Å². The summed E-state index contributed by atoms with van der Waals surface area (Å²) in [6.07, 6.45) is 0.528. The minimum Gasteiger partial charge on any atom is -0.497 e. The highest BCUT2D eigenvalue weighted by atomic mass is 16.5. The highest BCUT2D eigenvalue weighted by Crippen LogP contribution is 2.35. The van der Waals surface area contributed by atoms with E-state index in [9.17, 15) is 5.11 Å². The lowest BCUT2D eigenvalue weighted by Crippen LogP contribution is -2.34. The van der Waals surface area contributed by atoms with Crippen molar-refractivity contribution in [2.75, 3.05) is 20.7 Å². The summed E-state index contributed by atoms with van der Waals surface area (Å²) >= 11 is 0. The van der Waals surface area contributed by atoms with Crippen LogP contribution in [0.4, 0.5) is 0 Å². The third-order valence-electron chi connectivity index (χ3n) is 3.53. The molecule has 0 spiro atoms. The number of aliphatic hydroxyl groups is 1. The Hall–Kier alpha value is -1.06. The molecule has 1 aliphatic rings. The van der Waals surface area contributed by atoms with Crippen LogP contribution in [0.1, 0.15) is 24.2 Å². The highest BCUT2D eigenvalue weighted by Gasteiger charge is 2.33. The van der Waals surface area contributed by atoms with Gasteiger partial charge >= 0.3 is 0 Å². The third-order valence-corrected chi connectivity index (χ3v) is 3.53. The first-order valence-electron chi connectivity index (χ1n) is 5.72. The van der Waals surface area contributed by atoms with E-state index in [2.05, 4.69) is 24.9 Å². The Morgan fingerprint density at radius 2 is 2.25 bits per heavy atom. The average molecular weight is 221 g/mol. The van der Waals surface area contributed by atoms with E-state index in [0.29, 0.717) is 0 Å². The van der Waals surface area contributed by atoms with Crippen LogP contribution in [0.15, 0.2) is 18.2 Å². The maximum Gasteiger partial charge on any atom is 0.119 e. The number of benzene rings is 1. The van der Waals surface area contributed by atoms with Gasteiger partial charge in [0.2, 0.25) is 0 Å². The summed E-state index contributed by atoms with van der Waals surface area (Å²) in [5.74, 6) is 0.817. The van der Waals surface area contributed by atoms with Gasteiger partial charge in [0.25, 0.3) is 0 Å². The fourth-order valence-electron chi connectivity index (χ4n) is 2.34. The topological polar surface area (TPSA) is 32.7 Å². The lowest BCUT2D eigenvalue weighted by molar-refractivity contribution is 0.0789. The lowest BCUT2D eigenvalue weighted by atomic mass is 10.1. The predicted molar refractivity (Wildman–Crippen MR) is 63.7 cm³/mol. The molecule has 0 bridgehead atoms. The first-order chi connectivity index (χ1) is 7.67. The molecule has 1 aromatic carbocycles. The Kier molecular flexibility index (Phi) is 3.17. The van der Waals surface area contributed by atoms with Crippen LogP contribution in [0.3, 0.4) is 0 Å². The van der Waals surface area contributed by atoms with Crippen molar-refractivity contribution in [1.29, 1.82) is 0 Å². The number of fused-ring (bicyclic) bond motifs is 1. The molecular weight excluding hydrogens is 202 g/mol. The minimum atomic E-state index is -0.393. The summed E-state index contributed by atoms with van der Waals surface area (Å²) in [4.78, 5) is 2.19. The van der Waals surface area contributed by atoms with E-state index in [0.717, 1.165) is 24.3 Å². The van der Waals surface area contributed by atoms with E-state index >= 15 is 0 Å². The quantitative estimate of drug-likeness (QED) is 0.841. The first-order valence-corrected chi connectivity index (χ1v) is 5.72. The maximum absolute atomic E-state index is 10.3. The Labute approximate surface area is 96.6 Å². The number of hydrogen-bond acceptors (Lipinski definition) is 3. The number of hydrogen-bond donors (Lipinski definition) is 1. The number of methoxy groups -OCH3 is 1. The lowest BCUT2D eigenvalue weighted by Gasteiger charge is -2.25. The fourth-order valence-corrected chi connectivity index (χ4v) is 2.34. The van der Waals surface area contributed by atoms with E-state index in [-0.39, 0.29) is 6.04 Å². The van der Waals surface area contributed by atoms with Crippen molar-refractivity contribution >= 4 is 0 Å². The number of ether oxygens (including phenoxy) is 1. The van der Waals surface area contributed by atoms with Gasteiger partial charge in [-0.05, 0) is 43.3 Å². The van der Waals surface area contributed by atoms with Gasteiger partial charge < -0.3 is 14.7 Å². The van der Waals surface area contributed by atoms with E-state index in [1.807, 2.05) is 12.1 Å². The van der Waals surface area contributed by atoms with Crippen LogP contribution in [0.25, 0.3) is 0 Å². The molecule has 0 radical (unpaired) electrons. The molecule has 3 heteroatoms. The largest absolute Gasteiger partial charge is 0.497 e. The molecule has 0 aromatic heterocycles. The number of nitrogens with zero attached hydrogens (tertiary/aromatic N) is 1. The summed E-state index contributed by atoms with van der Waals surface area (Å²) in [6.45, 7) is 3.06. The second-order valence-corrected chi connectivity index (χ2v) is 4.35. The van der Waals surface area contributed by atoms with E-state index in [4.69, 9.17) is 4.74 Å². The number of likely N-dealkylation sites (N-methyl/N-ethyl adjacent to an activating group) is 1. The van der Waals surface area contributed by atoms with Crippen molar-refractivity contribution in [3.8, 4) is 5.75 Å². The van der Waals surface area contributed by atoms with Gasteiger partial charge in [0, 0.05) is 6.04 Å².